The van der Waals surface area contributed by atoms with E-state index in [4.69, 9.17) is 25.7 Å². The molecule has 0 fully saturated rings. The number of rotatable bonds is 15. The van der Waals surface area contributed by atoms with Crippen LogP contribution in [0.4, 0.5) is 0 Å². The summed E-state index contributed by atoms with van der Waals surface area (Å²) in [5.74, 6) is -0.642. The van der Waals surface area contributed by atoms with Gasteiger partial charge in [-0.2, -0.15) is 0 Å². The largest absolute Gasteiger partial charge is 0.378 e. The maximum atomic E-state index is 12.1. The molecule has 0 aromatic heterocycles. The second kappa shape index (κ2) is 15.0. The summed E-state index contributed by atoms with van der Waals surface area (Å²) in [7, 11) is 0. The second-order valence-corrected chi connectivity index (χ2v) is 5.94. The van der Waals surface area contributed by atoms with Crippen LogP contribution in [0.5, 0.6) is 0 Å². The van der Waals surface area contributed by atoms with Gasteiger partial charge in [-0.1, -0.05) is 13.8 Å². The third-order valence-corrected chi connectivity index (χ3v) is 3.21. The summed E-state index contributed by atoms with van der Waals surface area (Å²) in [6.07, 6.45) is 0. The lowest BCUT2D eigenvalue weighted by atomic mass is 10.0. The molecule has 0 saturated heterocycles. The first-order chi connectivity index (χ1) is 11.9. The van der Waals surface area contributed by atoms with Gasteiger partial charge in [0.25, 0.3) is 0 Å². The standard InChI is InChI=1S/C16H34N4O5/c1-12(2)14(20-15(21)13(3)18)16(22)19-5-7-24-9-11-25-10-8-23-6-4-17/h12-14H,4-11,17-18H2,1-3H3,(H,19,22)(H,20,21)/t13-,14-/m1/s1. The topological polar surface area (TPSA) is 138 Å². The first-order valence-electron chi connectivity index (χ1n) is 8.67. The molecule has 0 aromatic rings. The molecular weight excluding hydrogens is 328 g/mol. The first-order valence-corrected chi connectivity index (χ1v) is 8.67. The highest BCUT2D eigenvalue weighted by Gasteiger charge is 2.24. The maximum Gasteiger partial charge on any atom is 0.242 e. The van der Waals surface area contributed by atoms with Crippen molar-refractivity contribution in [1.82, 2.24) is 10.6 Å². The highest BCUT2D eigenvalue weighted by Crippen LogP contribution is 2.02. The van der Waals surface area contributed by atoms with Gasteiger partial charge in [-0.3, -0.25) is 9.59 Å². The van der Waals surface area contributed by atoms with Crippen molar-refractivity contribution in [2.75, 3.05) is 52.7 Å². The maximum absolute atomic E-state index is 12.1. The van der Waals surface area contributed by atoms with Crippen LogP contribution in [0.1, 0.15) is 20.8 Å². The zero-order valence-corrected chi connectivity index (χ0v) is 15.6. The van der Waals surface area contributed by atoms with E-state index in [2.05, 4.69) is 10.6 Å². The van der Waals surface area contributed by atoms with E-state index in [1.807, 2.05) is 13.8 Å². The first kappa shape index (κ1) is 23.7. The van der Waals surface area contributed by atoms with Gasteiger partial charge in [0.15, 0.2) is 0 Å². The fourth-order valence-electron chi connectivity index (χ4n) is 1.80. The van der Waals surface area contributed by atoms with E-state index < -0.39 is 12.1 Å². The average molecular weight is 362 g/mol. The Kier molecular flexibility index (Phi) is 14.3. The number of hydrogen-bond acceptors (Lipinski definition) is 7. The molecule has 25 heavy (non-hydrogen) atoms. The Morgan fingerprint density at radius 2 is 1.40 bits per heavy atom. The molecular formula is C16H34N4O5. The normalized spacial score (nSPS) is 13.5. The van der Waals surface area contributed by atoms with Crippen molar-refractivity contribution in [2.45, 2.75) is 32.9 Å². The third-order valence-electron chi connectivity index (χ3n) is 3.21. The molecule has 2 amide bonds. The summed E-state index contributed by atoms with van der Waals surface area (Å²) in [6, 6.07) is -1.27. The molecule has 0 heterocycles. The molecule has 9 heteroatoms. The van der Waals surface area contributed by atoms with Crippen LogP contribution in [0, 0.1) is 5.92 Å². The number of nitrogens with two attached hydrogens (primary N) is 2. The fourth-order valence-corrected chi connectivity index (χ4v) is 1.80. The van der Waals surface area contributed by atoms with Crippen LogP contribution < -0.4 is 22.1 Å². The molecule has 0 aliphatic heterocycles. The molecule has 0 radical (unpaired) electrons. The number of amides is 2. The number of carbonyl (C=O) groups is 2. The minimum absolute atomic E-state index is 0.0430. The van der Waals surface area contributed by atoms with Gasteiger partial charge in [0, 0.05) is 13.1 Å². The van der Waals surface area contributed by atoms with Crippen LogP contribution in [-0.2, 0) is 23.8 Å². The predicted molar refractivity (Wildman–Crippen MR) is 94.9 cm³/mol. The third kappa shape index (κ3) is 12.7. The van der Waals surface area contributed by atoms with Gasteiger partial charge in [-0.05, 0) is 12.8 Å². The fraction of sp³-hybridized carbons (Fsp3) is 0.875. The van der Waals surface area contributed by atoms with E-state index in [9.17, 15) is 9.59 Å². The van der Waals surface area contributed by atoms with E-state index in [-0.39, 0.29) is 17.7 Å². The Hall–Kier alpha value is -1.26. The molecule has 0 aliphatic carbocycles. The molecule has 2 atom stereocenters. The van der Waals surface area contributed by atoms with Crippen molar-refractivity contribution in [3.8, 4) is 0 Å². The molecule has 9 nitrogen and oxygen atoms in total. The van der Waals surface area contributed by atoms with Gasteiger partial charge in [0.05, 0.1) is 45.7 Å². The summed E-state index contributed by atoms with van der Waals surface area (Å²) in [6.45, 7) is 8.94. The number of ether oxygens (including phenoxy) is 3. The lowest BCUT2D eigenvalue weighted by molar-refractivity contribution is -0.130. The van der Waals surface area contributed by atoms with Gasteiger partial charge >= 0.3 is 0 Å². The molecule has 6 N–H and O–H groups in total. The van der Waals surface area contributed by atoms with E-state index >= 15 is 0 Å². The van der Waals surface area contributed by atoms with Crippen LogP contribution in [0.2, 0.25) is 0 Å². The van der Waals surface area contributed by atoms with Crippen LogP contribution in [0.3, 0.4) is 0 Å². The number of hydrogen-bond donors (Lipinski definition) is 4. The van der Waals surface area contributed by atoms with Crippen molar-refractivity contribution >= 4 is 11.8 Å². The summed E-state index contributed by atoms with van der Waals surface area (Å²) in [4.78, 5) is 23.8. The van der Waals surface area contributed by atoms with Gasteiger partial charge in [-0.25, -0.2) is 0 Å². The van der Waals surface area contributed by atoms with Gasteiger partial charge in [0.2, 0.25) is 11.8 Å². The zero-order valence-electron chi connectivity index (χ0n) is 15.6. The molecule has 0 bridgehead atoms. The Balaban J connectivity index is 3.74. The van der Waals surface area contributed by atoms with Crippen molar-refractivity contribution in [3.05, 3.63) is 0 Å². The van der Waals surface area contributed by atoms with Crippen LogP contribution in [0.15, 0.2) is 0 Å². The van der Waals surface area contributed by atoms with Crippen LogP contribution >= 0.6 is 0 Å². The SMILES string of the molecule is CC(C)[C@@H](NC(=O)[C@@H](C)N)C(=O)NCCOCCOCCOCCN. The highest BCUT2D eigenvalue weighted by molar-refractivity contribution is 5.89. The summed E-state index contributed by atoms with van der Waals surface area (Å²) in [5.41, 5.74) is 10.8. The molecule has 0 saturated carbocycles. The van der Waals surface area contributed by atoms with Crippen molar-refractivity contribution in [2.24, 2.45) is 17.4 Å². The zero-order chi connectivity index (χ0) is 19.1. The minimum atomic E-state index is -0.655. The Morgan fingerprint density at radius 1 is 0.880 bits per heavy atom. The lowest BCUT2D eigenvalue weighted by Gasteiger charge is -2.22. The van der Waals surface area contributed by atoms with E-state index in [1.165, 1.54) is 0 Å². The van der Waals surface area contributed by atoms with Crippen LogP contribution in [-0.4, -0.2) is 76.6 Å². The second-order valence-electron chi connectivity index (χ2n) is 5.94. The summed E-state index contributed by atoms with van der Waals surface area (Å²) >= 11 is 0. The molecule has 0 rings (SSSR count). The molecule has 0 unspecified atom stereocenters. The number of carbonyl (C=O) groups excluding carboxylic acids is 2. The lowest BCUT2D eigenvalue weighted by Crippen LogP contribution is -2.53. The quantitative estimate of drug-likeness (QED) is 0.263. The van der Waals surface area contributed by atoms with E-state index in [0.717, 1.165) is 0 Å². The smallest absolute Gasteiger partial charge is 0.242 e. The Labute approximate surface area is 150 Å². The van der Waals surface area contributed by atoms with Crippen molar-refractivity contribution in [1.29, 1.82) is 0 Å². The van der Waals surface area contributed by atoms with Gasteiger partial charge in [0.1, 0.15) is 6.04 Å². The van der Waals surface area contributed by atoms with Crippen molar-refractivity contribution in [3.63, 3.8) is 0 Å². The predicted octanol–water partition coefficient (Wildman–Crippen LogP) is -1.40. The van der Waals surface area contributed by atoms with Gasteiger partial charge < -0.3 is 36.3 Å². The summed E-state index contributed by atoms with van der Waals surface area (Å²) in [5, 5.41) is 5.39. The monoisotopic (exact) mass is 362 g/mol. The number of nitrogens with one attached hydrogen (secondary N) is 2. The Bertz CT molecular complexity index is 366. The molecule has 0 aromatic carbocycles. The summed E-state index contributed by atoms with van der Waals surface area (Å²) < 4.78 is 15.8. The molecule has 0 aliphatic rings. The minimum Gasteiger partial charge on any atom is -0.378 e. The highest BCUT2D eigenvalue weighted by atomic mass is 16.5. The van der Waals surface area contributed by atoms with E-state index in [0.29, 0.717) is 52.7 Å². The van der Waals surface area contributed by atoms with Gasteiger partial charge in [-0.15, -0.1) is 0 Å². The van der Waals surface area contributed by atoms with Crippen molar-refractivity contribution < 1.29 is 23.8 Å². The van der Waals surface area contributed by atoms with Crippen LogP contribution in [0.25, 0.3) is 0 Å². The van der Waals surface area contributed by atoms with E-state index in [1.54, 1.807) is 6.92 Å². The Morgan fingerprint density at radius 3 is 1.88 bits per heavy atom. The molecule has 0 spiro atoms. The average Bonchev–Trinajstić information content (AvgIpc) is 2.56. The molecule has 148 valence electrons.